The second kappa shape index (κ2) is 7.08. The number of ether oxygens (including phenoxy) is 1. The van der Waals surface area contributed by atoms with Crippen molar-refractivity contribution in [2.24, 2.45) is 0 Å². The molecule has 3 heterocycles. The molecule has 0 aromatic carbocycles. The second-order valence-corrected chi connectivity index (χ2v) is 5.45. The molecule has 0 spiro atoms. The maximum atomic E-state index is 12.5. The fourth-order valence-corrected chi connectivity index (χ4v) is 2.80. The molecule has 0 radical (unpaired) electrons. The van der Waals surface area contributed by atoms with Crippen LogP contribution < -0.4 is 10.1 Å². The van der Waals surface area contributed by atoms with E-state index >= 15 is 0 Å². The van der Waals surface area contributed by atoms with Crippen LogP contribution in [0.4, 0.5) is 10.5 Å². The number of amides is 2. The van der Waals surface area contributed by atoms with Crippen LogP contribution in [0, 0.1) is 0 Å². The Morgan fingerprint density at radius 3 is 3.04 bits per heavy atom. The highest BCUT2D eigenvalue weighted by molar-refractivity contribution is 5.90. The van der Waals surface area contributed by atoms with E-state index < -0.39 is 0 Å². The van der Waals surface area contributed by atoms with Gasteiger partial charge in [0.1, 0.15) is 5.69 Å². The van der Waals surface area contributed by atoms with Crippen LogP contribution in [0.3, 0.4) is 0 Å². The van der Waals surface area contributed by atoms with Crippen molar-refractivity contribution in [1.82, 2.24) is 24.9 Å². The number of carbonyl (C=O) groups is 1. The van der Waals surface area contributed by atoms with Crippen LogP contribution in [0.2, 0.25) is 0 Å². The van der Waals surface area contributed by atoms with E-state index in [-0.39, 0.29) is 6.03 Å². The molecule has 2 amide bonds. The number of hydrogen-bond acceptors (Lipinski definition) is 5. The van der Waals surface area contributed by atoms with Crippen molar-refractivity contribution in [3.05, 3.63) is 30.7 Å². The summed E-state index contributed by atoms with van der Waals surface area (Å²) in [5, 5.41) is 10.8. The van der Waals surface area contributed by atoms with Gasteiger partial charge in [0.15, 0.2) is 0 Å². The van der Waals surface area contributed by atoms with Crippen molar-refractivity contribution in [2.75, 3.05) is 25.5 Å². The molecular formula is C15H20N6O2. The van der Waals surface area contributed by atoms with Gasteiger partial charge in [0.2, 0.25) is 5.88 Å². The zero-order valence-electron chi connectivity index (χ0n) is 13.1. The maximum absolute atomic E-state index is 12.5. The van der Waals surface area contributed by atoms with Gasteiger partial charge in [-0.3, -0.25) is 0 Å². The van der Waals surface area contributed by atoms with E-state index in [4.69, 9.17) is 4.74 Å². The van der Waals surface area contributed by atoms with Crippen LogP contribution in [0.15, 0.2) is 30.7 Å². The van der Waals surface area contributed by atoms with Crippen molar-refractivity contribution in [1.29, 1.82) is 0 Å². The molecule has 23 heavy (non-hydrogen) atoms. The number of likely N-dealkylation sites (tertiary alicyclic amines) is 1. The molecule has 1 aliphatic rings. The Morgan fingerprint density at radius 2 is 2.26 bits per heavy atom. The average Bonchev–Trinajstić information content (AvgIpc) is 3.00. The smallest absolute Gasteiger partial charge is 0.321 e. The molecule has 8 heteroatoms. The zero-order valence-corrected chi connectivity index (χ0v) is 13.1. The second-order valence-electron chi connectivity index (χ2n) is 5.45. The maximum Gasteiger partial charge on any atom is 0.321 e. The third kappa shape index (κ3) is 3.58. The van der Waals surface area contributed by atoms with E-state index in [2.05, 4.69) is 20.6 Å². The molecule has 1 saturated heterocycles. The standard InChI is InChI=1S/C15H20N6O2/c1-23-14-13(5-2-7-16-14)18-15(22)20-9-3-4-12(6-10-20)21-11-8-17-19-21/h2,5,7-8,11-12H,3-4,6,9-10H2,1H3,(H,18,22). The highest BCUT2D eigenvalue weighted by Crippen LogP contribution is 2.23. The average molecular weight is 316 g/mol. The molecule has 1 atom stereocenters. The van der Waals surface area contributed by atoms with Crippen molar-refractivity contribution in [3.63, 3.8) is 0 Å². The lowest BCUT2D eigenvalue weighted by atomic mass is 10.1. The molecule has 3 rings (SSSR count). The number of rotatable bonds is 3. The van der Waals surface area contributed by atoms with Crippen molar-refractivity contribution in [3.8, 4) is 5.88 Å². The molecule has 0 aliphatic carbocycles. The quantitative estimate of drug-likeness (QED) is 0.935. The third-order valence-electron chi connectivity index (χ3n) is 4.01. The van der Waals surface area contributed by atoms with Crippen LogP contribution >= 0.6 is 0 Å². The molecule has 1 N–H and O–H groups in total. The van der Waals surface area contributed by atoms with E-state index in [1.807, 2.05) is 15.8 Å². The lowest BCUT2D eigenvalue weighted by molar-refractivity contribution is 0.212. The summed E-state index contributed by atoms with van der Waals surface area (Å²) in [6.45, 7) is 1.40. The van der Waals surface area contributed by atoms with E-state index in [9.17, 15) is 4.79 Å². The molecule has 2 aromatic rings. The Morgan fingerprint density at radius 1 is 1.35 bits per heavy atom. The minimum atomic E-state index is -0.129. The van der Waals surface area contributed by atoms with E-state index in [0.717, 1.165) is 25.8 Å². The molecular weight excluding hydrogens is 296 g/mol. The predicted octanol–water partition coefficient (Wildman–Crippen LogP) is 1.94. The van der Waals surface area contributed by atoms with Gasteiger partial charge in [-0.1, -0.05) is 5.21 Å². The number of urea groups is 1. The molecule has 8 nitrogen and oxygen atoms in total. The molecule has 0 bridgehead atoms. The Balaban J connectivity index is 1.62. The van der Waals surface area contributed by atoms with Gasteiger partial charge in [-0.05, 0) is 31.4 Å². The number of nitrogens with zero attached hydrogens (tertiary/aromatic N) is 5. The van der Waals surface area contributed by atoms with Gasteiger partial charge in [0, 0.05) is 25.5 Å². The van der Waals surface area contributed by atoms with Gasteiger partial charge in [-0.25, -0.2) is 14.5 Å². The first-order valence-corrected chi connectivity index (χ1v) is 7.68. The van der Waals surface area contributed by atoms with Gasteiger partial charge in [-0.15, -0.1) is 5.10 Å². The topological polar surface area (TPSA) is 85.2 Å². The molecule has 1 fully saturated rings. The largest absolute Gasteiger partial charge is 0.480 e. The lowest BCUT2D eigenvalue weighted by Gasteiger charge is -2.21. The number of pyridine rings is 1. The highest BCUT2D eigenvalue weighted by Gasteiger charge is 2.22. The van der Waals surface area contributed by atoms with Crippen LogP contribution in [0.1, 0.15) is 25.3 Å². The fourth-order valence-electron chi connectivity index (χ4n) is 2.80. The number of aromatic nitrogens is 4. The van der Waals surface area contributed by atoms with Gasteiger partial charge in [0.25, 0.3) is 0 Å². The van der Waals surface area contributed by atoms with Crippen LogP contribution in [0.5, 0.6) is 5.88 Å². The summed E-state index contributed by atoms with van der Waals surface area (Å²) in [5.41, 5.74) is 0.581. The number of methoxy groups -OCH3 is 1. The predicted molar refractivity (Wildman–Crippen MR) is 84.3 cm³/mol. The monoisotopic (exact) mass is 316 g/mol. The fraction of sp³-hybridized carbons (Fsp3) is 0.467. The van der Waals surface area contributed by atoms with Crippen LogP contribution in [0.25, 0.3) is 0 Å². The summed E-state index contributed by atoms with van der Waals surface area (Å²) in [6, 6.07) is 3.71. The molecule has 1 aliphatic heterocycles. The van der Waals surface area contributed by atoms with Crippen molar-refractivity contribution < 1.29 is 9.53 Å². The Kier molecular flexibility index (Phi) is 4.70. The first-order valence-electron chi connectivity index (χ1n) is 7.68. The summed E-state index contributed by atoms with van der Waals surface area (Å²) in [5.74, 6) is 0.413. The summed E-state index contributed by atoms with van der Waals surface area (Å²) in [7, 11) is 1.53. The number of hydrogen-bond donors (Lipinski definition) is 1. The molecule has 1 unspecified atom stereocenters. The number of nitrogens with one attached hydrogen (secondary N) is 1. The summed E-state index contributed by atoms with van der Waals surface area (Å²) < 4.78 is 7.04. The molecule has 0 saturated carbocycles. The Bertz CT molecular complexity index is 645. The van der Waals surface area contributed by atoms with Crippen LogP contribution in [-0.2, 0) is 0 Å². The first-order chi connectivity index (χ1) is 11.3. The Labute approximate surface area is 134 Å². The SMILES string of the molecule is COc1ncccc1NC(=O)N1CCCC(n2ccnn2)CC1. The highest BCUT2D eigenvalue weighted by atomic mass is 16.5. The lowest BCUT2D eigenvalue weighted by Crippen LogP contribution is -2.36. The van der Waals surface area contributed by atoms with Gasteiger partial charge < -0.3 is 15.0 Å². The van der Waals surface area contributed by atoms with Gasteiger partial charge in [-0.2, -0.15) is 0 Å². The minimum absolute atomic E-state index is 0.129. The zero-order chi connectivity index (χ0) is 16.1. The molecule has 122 valence electrons. The Hall–Kier alpha value is -2.64. The summed E-state index contributed by atoms with van der Waals surface area (Å²) in [6.07, 6.45) is 7.97. The van der Waals surface area contributed by atoms with E-state index in [1.165, 1.54) is 7.11 Å². The van der Waals surface area contributed by atoms with E-state index in [0.29, 0.717) is 24.2 Å². The van der Waals surface area contributed by atoms with Gasteiger partial charge >= 0.3 is 6.03 Å². The number of carbonyl (C=O) groups excluding carboxylic acids is 1. The van der Waals surface area contributed by atoms with E-state index in [1.54, 1.807) is 24.5 Å². The number of anilines is 1. The van der Waals surface area contributed by atoms with Gasteiger partial charge in [0.05, 0.1) is 19.3 Å². The van der Waals surface area contributed by atoms with Crippen LogP contribution in [-0.4, -0.2) is 51.1 Å². The molecule has 2 aromatic heterocycles. The summed E-state index contributed by atoms with van der Waals surface area (Å²) in [4.78, 5) is 18.4. The van der Waals surface area contributed by atoms with Crippen molar-refractivity contribution >= 4 is 11.7 Å². The first kappa shape index (κ1) is 15.3. The third-order valence-corrected chi connectivity index (χ3v) is 4.01. The van der Waals surface area contributed by atoms with Crippen molar-refractivity contribution in [2.45, 2.75) is 25.3 Å². The minimum Gasteiger partial charge on any atom is -0.480 e. The summed E-state index contributed by atoms with van der Waals surface area (Å²) >= 11 is 0. The normalized spacial score (nSPS) is 18.3.